The van der Waals surface area contributed by atoms with E-state index in [0.717, 1.165) is 35.0 Å². The van der Waals surface area contributed by atoms with Gasteiger partial charge in [0.2, 0.25) is 0 Å². The second-order valence-corrected chi connectivity index (χ2v) is 9.63. The monoisotopic (exact) mass is 288 g/mol. The Morgan fingerprint density at radius 3 is 2.38 bits per heavy atom. The number of fused-ring (bicyclic) bond motifs is 5. The summed E-state index contributed by atoms with van der Waals surface area (Å²) < 4.78 is 0. The largest absolute Gasteiger partial charge is 0.0651 e. The lowest BCUT2D eigenvalue weighted by Gasteiger charge is -2.60. The number of rotatable bonds is 1. The first kappa shape index (κ1) is 14.6. The smallest absolute Gasteiger partial charge is 0.0266 e. The fourth-order valence-corrected chi connectivity index (χ4v) is 8.07. The van der Waals surface area contributed by atoms with Gasteiger partial charge in [-0.2, -0.15) is 0 Å². The van der Waals surface area contributed by atoms with Gasteiger partial charge in [0.1, 0.15) is 0 Å². The van der Waals surface area contributed by atoms with Gasteiger partial charge in [-0.25, -0.2) is 0 Å². The predicted molar refractivity (Wildman–Crippen MR) is 90.1 cm³/mol. The zero-order valence-electron chi connectivity index (χ0n) is 14.7. The van der Waals surface area contributed by atoms with Crippen molar-refractivity contribution in [3.05, 3.63) is 0 Å². The van der Waals surface area contributed by atoms with Crippen molar-refractivity contribution in [3.63, 3.8) is 0 Å². The van der Waals surface area contributed by atoms with Crippen molar-refractivity contribution < 1.29 is 0 Å². The van der Waals surface area contributed by atoms with E-state index in [9.17, 15) is 0 Å². The first-order valence-corrected chi connectivity index (χ1v) is 10.1. The molecule has 0 radical (unpaired) electrons. The van der Waals surface area contributed by atoms with Crippen LogP contribution in [-0.4, -0.2) is 0 Å². The summed E-state index contributed by atoms with van der Waals surface area (Å²) in [6, 6.07) is 0. The highest BCUT2D eigenvalue weighted by Gasteiger charge is 2.59. The molecule has 4 rings (SSSR count). The van der Waals surface area contributed by atoms with E-state index >= 15 is 0 Å². The summed E-state index contributed by atoms with van der Waals surface area (Å²) in [5, 5.41) is 0. The SMILES string of the molecule is CCC1CCC2C3CCC4CCCCC4(C)C3CCC12C. The van der Waals surface area contributed by atoms with Crippen molar-refractivity contribution in [2.45, 2.75) is 91.4 Å². The van der Waals surface area contributed by atoms with Crippen LogP contribution in [-0.2, 0) is 0 Å². The summed E-state index contributed by atoms with van der Waals surface area (Å²) in [5.74, 6) is 5.39. The topological polar surface area (TPSA) is 0 Å². The van der Waals surface area contributed by atoms with E-state index in [2.05, 4.69) is 20.8 Å². The third-order valence-corrected chi connectivity index (χ3v) is 9.27. The highest BCUT2D eigenvalue weighted by Crippen LogP contribution is 2.67. The summed E-state index contributed by atoms with van der Waals surface area (Å²) in [5.41, 5.74) is 1.45. The molecule has 0 saturated heterocycles. The molecule has 0 aromatic heterocycles. The lowest BCUT2D eigenvalue weighted by atomic mass is 9.45. The van der Waals surface area contributed by atoms with Gasteiger partial charge in [-0.15, -0.1) is 0 Å². The van der Waals surface area contributed by atoms with Crippen molar-refractivity contribution in [3.8, 4) is 0 Å². The summed E-state index contributed by atoms with van der Waals surface area (Å²) in [7, 11) is 0. The maximum absolute atomic E-state index is 2.71. The van der Waals surface area contributed by atoms with E-state index in [1.54, 1.807) is 51.4 Å². The van der Waals surface area contributed by atoms with E-state index < -0.39 is 0 Å². The zero-order chi connectivity index (χ0) is 14.7. The lowest BCUT2D eigenvalue weighted by molar-refractivity contribution is -0.110. The Bertz CT molecular complexity index is 399. The molecule has 0 heteroatoms. The van der Waals surface area contributed by atoms with E-state index in [1.807, 2.05) is 0 Å². The van der Waals surface area contributed by atoms with Crippen LogP contribution in [0, 0.1) is 40.4 Å². The van der Waals surface area contributed by atoms with Crippen molar-refractivity contribution in [2.75, 3.05) is 0 Å². The maximum atomic E-state index is 2.71. The molecule has 0 nitrogen and oxygen atoms in total. The van der Waals surface area contributed by atoms with Gasteiger partial charge >= 0.3 is 0 Å². The zero-order valence-corrected chi connectivity index (χ0v) is 14.7. The molecule has 120 valence electrons. The first-order chi connectivity index (χ1) is 10.1. The van der Waals surface area contributed by atoms with Crippen molar-refractivity contribution in [1.82, 2.24) is 0 Å². The molecule has 4 aliphatic carbocycles. The second-order valence-electron chi connectivity index (χ2n) is 9.63. The highest BCUT2D eigenvalue weighted by molar-refractivity contribution is 5.08. The molecule has 0 spiro atoms. The quantitative estimate of drug-likeness (QED) is 0.520. The van der Waals surface area contributed by atoms with E-state index in [1.165, 1.54) is 19.3 Å². The molecule has 0 aromatic rings. The van der Waals surface area contributed by atoms with Gasteiger partial charge in [0.15, 0.2) is 0 Å². The molecule has 7 unspecified atom stereocenters. The van der Waals surface area contributed by atoms with Crippen LogP contribution in [0.3, 0.4) is 0 Å². The van der Waals surface area contributed by atoms with Gasteiger partial charge in [-0.05, 0) is 91.8 Å². The van der Waals surface area contributed by atoms with Gasteiger partial charge in [-0.3, -0.25) is 0 Å². The van der Waals surface area contributed by atoms with Crippen LogP contribution in [0.25, 0.3) is 0 Å². The second kappa shape index (κ2) is 5.00. The van der Waals surface area contributed by atoms with Crippen LogP contribution >= 0.6 is 0 Å². The molecule has 7 atom stereocenters. The minimum Gasteiger partial charge on any atom is -0.0651 e. The normalized spacial score (nSPS) is 56.4. The van der Waals surface area contributed by atoms with E-state index in [4.69, 9.17) is 0 Å². The Hall–Kier alpha value is 0. The molecular formula is C21H36. The highest BCUT2D eigenvalue weighted by atomic mass is 14.6. The standard InChI is InChI=1S/C21H36/c1-4-15-9-11-18-17-10-8-16-7-5-6-13-20(16,2)19(17)12-14-21(15,18)3/h15-19H,4-14H2,1-3H3. The molecule has 21 heavy (non-hydrogen) atoms. The van der Waals surface area contributed by atoms with Gasteiger partial charge in [0, 0.05) is 0 Å². The minimum absolute atomic E-state index is 0.716. The van der Waals surface area contributed by atoms with Crippen molar-refractivity contribution in [1.29, 1.82) is 0 Å². The summed E-state index contributed by atoms with van der Waals surface area (Å²) in [6.45, 7) is 7.84. The Morgan fingerprint density at radius 2 is 1.57 bits per heavy atom. The molecular weight excluding hydrogens is 252 g/mol. The summed E-state index contributed by atoms with van der Waals surface area (Å²) in [6.07, 6.45) is 17.0. The third-order valence-electron chi connectivity index (χ3n) is 9.27. The number of hydrogen-bond acceptors (Lipinski definition) is 0. The summed E-state index contributed by atoms with van der Waals surface area (Å²) in [4.78, 5) is 0. The Labute approximate surface area is 132 Å². The van der Waals surface area contributed by atoms with Crippen LogP contribution in [0.1, 0.15) is 91.4 Å². The van der Waals surface area contributed by atoms with Crippen LogP contribution in [0.4, 0.5) is 0 Å². The fourth-order valence-electron chi connectivity index (χ4n) is 8.07. The van der Waals surface area contributed by atoms with Crippen LogP contribution in [0.2, 0.25) is 0 Å². The molecule has 0 N–H and O–H groups in total. The van der Waals surface area contributed by atoms with Crippen molar-refractivity contribution >= 4 is 0 Å². The molecule has 4 fully saturated rings. The van der Waals surface area contributed by atoms with Crippen LogP contribution in [0.15, 0.2) is 0 Å². The van der Waals surface area contributed by atoms with E-state index in [-0.39, 0.29) is 0 Å². The molecule has 4 aliphatic rings. The van der Waals surface area contributed by atoms with Gasteiger partial charge in [0.25, 0.3) is 0 Å². The average Bonchev–Trinajstić information content (AvgIpc) is 2.83. The fraction of sp³-hybridized carbons (Fsp3) is 1.00. The predicted octanol–water partition coefficient (Wildman–Crippen LogP) is 6.45. The Balaban J connectivity index is 1.62. The van der Waals surface area contributed by atoms with E-state index in [0.29, 0.717) is 5.41 Å². The van der Waals surface area contributed by atoms with Crippen LogP contribution in [0.5, 0.6) is 0 Å². The van der Waals surface area contributed by atoms with Gasteiger partial charge in [0.05, 0.1) is 0 Å². The Kier molecular flexibility index (Phi) is 3.47. The maximum Gasteiger partial charge on any atom is -0.0266 e. The van der Waals surface area contributed by atoms with Gasteiger partial charge in [-0.1, -0.05) is 40.0 Å². The summed E-state index contributed by atoms with van der Waals surface area (Å²) >= 11 is 0. The molecule has 0 aliphatic heterocycles. The Morgan fingerprint density at radius 1 is 0.762 bits per heavy atom. The van der Waals surface area contributed by atoms with Crippen molar-refractivity contribution in [2.24, 2.45) is 40.4 Å². The minimum atomic E-state index is 0.716. The van der Waals surface area contributed by atoms with Crippen LogP contribution < -0.4 is 0 Å². The molecule has 0 bridgehead atoms. The number of hydrogen-bond donors (Lipinski definition) is 0. The molecule has 0 aromatic carbocycles. The molecule has 0 amide bonds. The average molecular weight is 289 g/mol. The van der Waals surface area contributed by atoms with Gasteiger partial charge < -0.3 is 0 Å². The lowest BCUT2D eigenvalue weighted by Crippen LogP contribution is -2.52. The molecule has 0 heterocycles. The molecule has 4 saturated carbocycles. The third kappa shape index (κ3) is 1.93. The first-order valence-electron chi connectivity index (χ1n) is 10.1.